The minimum absolute atomic E-state index is 0.119. The van der Waals surface area contributed by atoms with Crippen LogP contribution < -0.4 is 9.80 Å². The first kappa shape index (κ1) is 34.3. The van der Waals surface area contributed by atoms with Gasteiger partial charge in [0.15, 0.2) is 0 Å². The summed E-state index contributed by atoms with van der Waals surface area (Å²) in [7, 11) is 0. The van der Waals surface area contributed by atoms with Crippen molar-refractivity contribution in [3.63, 3.8) is 0 Å². The molecule has 4 heteroatoms. The number of nitrogens with zero attached hydrogens (tertiary/aromatic N) is 2. The van der Waals surface area contributed by atoms with Crippen molar-refractivity contribution in [3.8, 4) is 0 Å². The van der Waals surface area contributed by atoms with Crippen molar-refractivity contribution in [1.29, 1.82) is 0 Å². The molecule has 0 N–H and O–H groups in total. The van der Waals surface area contributed by atoms with Gasteiger partial charge >= 0.3 is 0 Å². The summed E-state index contributed by atoms with van der Waals surface area (Å²) in [6.07, 6.45) is 14.4. The summed E-state index contributed by atoms with van der Waals surface area (Å²) in [5.74, 6) is 0. The summed E-state index contributed by atoms with van der Waals surface area (Å²) in [5.41, 5.74) is 11.5. The normalized spacial score (nSPS) is 16.6. The Labute approximate surface area is 304 Å². The number of hydrogen-bond acceptors (Lipinski definition) is 2. The third-order valence-corrected chi connectivity index (χ3v) is 10.5. The van der Waals surface area contributed by atoms with Crippen LogP contribution in [0.25, 0.3) is 5.57 Å². The number of benzene rings is 4. The minimum Gasteiger partial charge on any atom is -0.334 e. The Hall–Kier alpha value is -3.60. The molecule has 0 bridgehead atoms. The molecule has 0 aliphatic heterocycles. The van der Waals surface area contributed by atoms with Gasteiger partial charge in [-0.3, -0.25) is 0 Å². The van der Waals surface area contributed by atoms with Gasteiger partial charge < -0.3 is 9.80 Å². The predicted molar refractivity (Wildman–Crippen MR) is 215 cm³/mol. The lowest BCUT2D eigenvalue weighted by molar-refractivity contribution is 0.590. The van der Waals surface area contributed by atoms with Crippen molar-refractivity contribution in [3.05, 3.63) is 159 Å². The zero-order valence-electron chi connectivity index (χ0n) is 29.0. The Morgan fingerprint density at radius 2 is 1.08 bits per heavy atom. The Kier molecular flexibility index (Phi) is 10.1. The summed E-state index contributed by atoms with van der Waals surface area (Å²) in [5, 5.41) is 0. The van der Waals surface area contributed by atoms with Crippen LogP contribution in [0.1, 0.15) is 77.5 Å². The first-order valence-corrected chi connectivity index (χ1v) is 18.6. The first-order chi connectivity index (χ1) is 22.9. The van der Waals surface area contributed by atoms with E-state index in [4.69, 9.17) is 0 Å². The minimum atomic E-state index is 0.119. The van der Waals surface area contributed by atoms with E-state index in [1.165, 1.54) is 55.2 Å². The van der Waals surface area contributed by atoms with Gasteiger partial charge in [-0.05, 0) is 124 Å². The fraction of sp³-hybridized carbons (Fsp3) is 0.273. The van der Waals surface area contributed by atoms with Crippen LogP contribution >= 0.6 is 31.9 Å². The van der Waals surface area contributed by atoms with Gasteiger partial charge in [0, 0.05) is 32.9 Å². The summed E-state index contributed by atoms with van der Waals surface area (Å²) in [4.78, 5) is 4.87. The van der Waals surface area contributed by atoms with E-state index >= 15 is 0 Å². The molecule has 2 aliphatic rings. The zero-order valence-corrected chi connectivity index (χ0v) is 32.1. The van der Waals surface area contributed by atoms with Crippen LogP contribution in [0.3, 0.4) is 0 Å². The number of halogens is 2. The summed E-state index contributed by atoms with van der Waals surface area (Å²) >= 11 is 7.32. The highest BCUT2D eigenvalue weighted by atomic mass is 79.9. The van der Waals surface area contributed by atoms with Gasteiger partial charge in [-0.1, -0.05) is 134 Å². The van der Waals surface area contributed by atoms with Gasteiger partial charge in [0.25, 0.3) is 0 Å². The lowest BCUT2D eigenvalue weighted by atomic mass is 9.87. The molecule has 2 aliphatic carbocycles. The number of hydrogen-bond donors (Lipinski definition) is 0. The molecule has 0 aromatic heterocycles. The second kappa shape index (κ2) is 14.1. The molecule has 0 saturated carbocycles. The molecule has 2 nitrogen and oxygen atoms in total. The summed E-state index contributed by atoms with van der Waals surface area (Å²) < 4.78 is 2.34. The van der Waals surface area contributed by atoms with Gasteiger partial charge in [0.05, 0.1) is 6.04 Å². The topological polar surface area (TPSA) is 6.48 Å². The third-order valence-electron chi connectivity index (χ3n) is 9.34. The summed E-state index contributed by atoms with van der Waals surface area (Å²) in [6, 6.07) is 36.1. The molecule has 0 fully saturated rings. The molecule has 4 aromatic carbocycles. The van der Waals surface area contributed by atoms with Crippen molar-refractivity contribution in [2.45, 2.75) is 77.7 Å². The van der Waals surface area contributed by atoms with Crippen molar-refractivity contribution >= 4 is 60.2 Å². The van der Waals surface area contributed by atoms with Gasteiger partial charge in [0.1, 0.15) is 0 Å². The van der Waals surface area contributed by atoms with Gasteiger partial charge in [-0.25, -0.2) is 0 Å². The number of rotatable bonds is 7. The molecule has 0 spiro atoms. The standard InChI is InChI=1S/C44H46Br2N2/c1-43(2,3)33-11-23-39(24-12-33)47(41-27-15-35(45)16-28-41)37-19-7-31(8-20-37)32-9-21-38(22-10-32)48(42-29-17-36(46)18-30-42)40-25-13-34(14-26-40)44(4,5)6/h7-17,19,21-29,37H,18,20,30H2,1-6H3. The maximum Gasteiger partial charge on any atom is 0.0560 e. The molecule has 0 amide bonds. The fourth-order valence-electron chi connectivity index (χ4n) is 6.45. The van der Waals surface area contributed by atoms with Gasteiger partial charge in [-0.15, -0.1) is 0 Å². The quantitative estimate of drug-likeness (QED) is 0.185. The third kappa shape index (κ3) is 7.82. The van der Waals surface area contributed by atoms with Crippen LogP contribution in [0.2, 0.25) is 0 Å². The highest BCUT2D eigenvalue weighted by molar-refractivity contribution is 9.11. The molecule has 246 valence electrons. The smallest absolute Gasteiger partial charge is 0.0560 e. The van der Waals surface area contributed by atoms with E-state index in [9.17, 15) is 0 Å². The van der Waals surface area contributed by atoms with E-state index in [2.05, 4.69) is 211 Å². The highest BCUT2D eigenvalue weighted by Crippen LogP contribution is 2.38. The van der Waals surface area contributed by atoms with Crippen LogP contribution in [-0.4, -0.2) is 6.04 Å². The molecule has 4 aromatic rings. The first-order valence-electron chi connectivity index (χ1n) is 17.0. The van der Waals surface area contributed by atoms with Crippen LogP contribution in [-0.2, 0) is 10.8 Å². The van der Waals surface area contributed by atoms with E-state index < -0.39 is 0 Å². The molecule has 0 saturated heterocycles. The lowest BCUT2D eigenvalue weighted by Crippen LogP contribution is -2.30. The van der Waals surface area contributed by atoms with E-state index in [1.54, 1.807) is 0 Å². The second-order valence-electron chi connectivity index (χ2n) is 14.9. The summed E-state index contributed by atoms with van der Waals surface area (Å²) in [6.45, 7) is 13.6. The SMILES string of the molecule is CC(C)(C)c1ccc(N(C2=CC=C(Br)CC2)c2ccc(C3=CCC(N(c4ccc(Br)cc4)c4ccc(C(C)(C)C)cc4)C=C3)cc2)cc1. The zero-order chi connectivity index (χ0) is 34.1. The fourth-order valence-corrected chi connectivity index (χ4v) is 7.05. The van der Waals surface area contributed by atoms with Crippen molar-refractivity contribution in [2.75, 3.05) is 9.80 Å². The molecule has 1 atom stereocenters. The van der Waals surface area contributed by atoms with E-state index in [0.29, 0.717) is 0 Å². The molecule has 0 heterocycles. The van der Waals surface area contributed by atoms with Crippen molar-refractivity contribution < 1.29 is 0 Å². The number of anilines is 4. The average molecular weight is 763 g/mol. The molecule has 1 unspecified atom stereocenters. The largest absolute Gasteiger partial charge is 0.334 e. The predicted octanol–water partition coefficient (Wildman–Crippen LogP) is 13.7. The average Bonchev–Trinajstić information content (AvgIpc) is 3.07. The molecular weight excluding hydrogens is 716 g/mol. The number of allylic oxidation sites excluding steroid dienone is 6. The van der Waals surface area contributed by atoms with Crippen LogP contribution in [0.4, 0.5) is 22.7 Å². The molecule has 0 radical (unpaired) electrons. The van der Waals surface area contributed by atoms with Crippen molar-refractivity contribution in [1.82, 2.24) is 0 Å². The van der Waals surface area contributed by atoms with Gasteiger partial charge in [-0.2, -0.15) is 0 Å². The lowest BCUT2D eigenvalue weighted by Gasteiger charge is -2.34. The Bertz CT molecular complexity index is 1850. The van der Waals surface area contributed by atoms with E-state index in [0.717, 1.165) is 23.7 Å². The van der Waals surface area contributed by atoms with Crippen LogP contribution in [0, 0.1) is 0 Å². The Morgan fingerprint density at radius 1 is 0.583 bits per heavy atom. The van der Waals surface area contributed by atoms with Gasteiger partial charge in [0.2, 0.25) is 0 Å². The highest BCUT2D eigenvalue weighted by Gasteiger charge is 2.23. The Morgan fingerprint density at radius 3 is 1.54 bits per heavy atom. The van der Waals surface area contributed by atoms with Crippen LogP contribution in [0.5, 0.6) is 0 Å². The van der Waals surface area contributed by atoms with E-state index in [1.807, 2.05) is 0 Å². The van der Waals surface area contributed by atoms with Crippen LogP contribution in [0.15, 0.2) is 142 Å². The maximum atomic E-state index is 3.69. The molecule has 6 rings (SSSR count). The second-order valence-corrected chi connectivity index (χ2v) is 16.8. The monoisotopic (exact) mass is 760 g/mol. The molecule has 48 heavy (non-hydrogen) atoms. The van der Waals surface area contributed by atoms with Crippen molar-refractivity contribution in [2.24, 2.45) is 0 Å². The Balaban J connectivity index is 1.26. The van der Waals surface area contributed by atoms with E-state index in [-0.39, 0.29) is 16.9 Å². The maximum absolute atomic E-state index is 3.69. The molecular formula is C44H46Br2N2.